The smallest absolute Gasteiger partial charge is 0.328 e. The van der Waals surface area contributed by atoms with Crippen LogP contribution in [-0.2, 0) is 43.2 Å². The molecule has 1 aromatic heterocycles. The first-order valence-corrected chi connectivity index (χ1v) is 14.9. The lowest BCUT2D eigenvalue weighted by molar-refractivity contribution is -0.132. The predicted molar refractivity (Wildman–Crippen MR) is 169 cm³/mol. The number of hydrogen-bond donors (Lipinski definition) is 0. The number of para-hydroxylation sites is 1. The first-order valence-electron chi connectivity index (χ1n) is 14.9. The minimum Gasteiger partial charge on any atom is -0.497 e. The molecule has 5 rings (SSSR count). The number of rotatable bonds is 6. The zero-order chi connectivity index (χ0) is 30.5. The van der Waals surface area contributed by atoms with Crippen molar-refractivity contribution in [3.63, 3.8) is 0 Å². The summed E-state index contributed by atoms with van der Waals surface area (Å²) in [5, 5.41) is 0. The van der Waals surface area contributed by atoms with Gasteiger partial charge in [0.15, 0.2) is 0 Å². The monoisotopic (exact) mass is 583 g/mol. The van der Waals surface area contributed by atoms with Gasteiger partial charge in [-0.25, -0.2) is 4.79 Å². The van der Waals surface area contributed by atoms with Crippen molar-refractivity contribution in [1.82, 2.24) is 18.9 Å². The van der Waals surface area contributed by atoms with Gasteiger partial charge in [0.1, 0.15) is 5.75 Å². The van der Waals surface area contributed by atoms with Gasteiger partial charge in [0.2, 0.25) is 11.8 Å². The number of nitrogens with zero attached hydrogens (tertiary/aromatic N) is 5. The van der Waals surface area contributed by atoms with E-state index in [2.05, 4.69) is 11.0 Å². The van der Waals surface area contributed by atoms with Crippen LogP contribution in [0.1, 0.15) is 36.5 Å². The predicted octanol–water partition coefficient (Wildman–Crippen LogP) is 4.11. The normalized spacial score (nSPS) is 14.8. The number of hydrogen-bond acceptors (Lipinski definition) is 5. The summed E-state index contributed by atoms with van der Waals surface area (Å²) in [6.45, 7) is 5.44. The van der Waals surface area contributed by atoms with Crippen LogP contribution in [0.15, 0.2) is 71.5 Å². The summed E-state index contributed by atoms with van der Waals surface area (Å²) in [5.74, 6) is 0.876. The van der Waals surface area contributed by atoms with Crippen molar-refractivity contribution >= 4 is 28.5 Å². The quantitative estimate of drug-likeness (QED) is 0.342. The number of carbonyl (C=O) groups excluding carboxylic acids is 2. The van der Waals surface area contributed by atoms with Crippen molar-refractivity contribution in [2.75, 3.05) is 38.2 Å². The number of aromatic nitrogens is 2. The Morgan fingerprint density at radius 3 is 2.42 bits per heavy atom. The second-order valence-corrected chi connectivity index (χ2v) is 11.3. The standard InChI is InChI=1S/C34H41N5O4/c1-25(40)39-18-8-17-37(23-27-9-7-11-29(21-27)43-4)19-20-38(24-28-10-5-6-12-30(28)39)33(41)16-14-26-13-15-31-32(22-26)36(3)34(42)35(31)2/h5-7,9-13,15,21-22H,8,14,16-20,23-24H2,1-4H3. The van der Waals surface area contributed by atoms with Crippen LogP contribution in [0, 0.1) is 0 Å². The maximum absolute atomic E-state index is 13.8. The van der Waals surface area contributed by atoms with Crippen molar-refractivity contribution < 1.29 is 14.3 Å². The van der Waals surface area contributed by atoms with Crippen LogP contribution in [0.5, 0.6) is 5.75 Å². The summed E-state index contributed by atoms with van der Waals surface area (Å²) < 4.78 is 8.71. The van der Waals surface area contributed by atoms with Crippen molar-refractivity contribution in [3.8, 4) is 5.75 Å². The third-order valence-electron chi connectivity index (χ3n) is 8.42. The molecule has 0 unspecified atom stereocenters. The lowest BCUT2D eigenvalue weighted by atomic mass is 10.1. The van der Waals surface area contributed by atoms with E-state index in [1.807, 2.05) is 70.5 Å². The minimum atomic E-state index is -0.0662. The molecule has 0 bridgehead atoms. The van der Waals surface area contributed by atoms with Gasteiger partial charge in [-0.05, 0) is 59.9 Å². The molecule has 1 aliphatic heterocycles. The second kappa shape index (κ2) is 13.3. The number of ether oxygens (including phenoxy) is 1. The maximum Gasteiger partial charge on any atom is 0.328 e. The van der Waals surface area contributed by atoms with Crippen molar-refractivity contribution in [1.29, 1.82) is 0 Å². The molecule has 0 spiro atoms. The summed E-state index contributed by atoms with van der Waals surface area (Å²) in [7, 11) is 5.21. The molecule has 0 aliphatic carbocycles. The van der Waals surface area contributed by atoms with E-state index in [0.717, 1.165) is 58.7 Å². The van der Waals surface area contributed by atoms with E-state index >= 15 is 0 Å². The van der Waals surface area contributed by atoms with Gasteiger partial charge in [0.25, 0.3) is 0 Å². The molecule has 0 N–H and O–H groups in total. The Morgan fingerprint density at radius 1 is 0.837 bits per heavy atom. The number of amides is 2. The number of methoxy groups -OCH3 is 1. The van der Waals surface area contributed by atoms with E-state index in [0.29, 0.717) is 39.0 Å². The van der Waals surface area contributed by atoms with E-state index in [4.69, 9.17) is 4.74 Å². The SMILES string of the molecule is COc1cccc(CN2CCCN(C(C)=O)c3ccccc3CN(C(=O)CCc3ccc4c(c3)n(C)c(=O)n4C)CC2)c1. The molecule has 9 nitrogen and oxygen atoms in total. The Kier molecular flexibility index (Phi) is 9.31. The Hall–Kier alpha value is -4.37. The van der Waals surface area contributed by atoms with Gasteiger partial charge in [-0.3, -0.25) is 23.6 Å². The summed E-state index contributed by atoms with van der Waals surface area (Å²) in [6, 6.07) is 21.9. The average molecular weight is 584 g/mol. The van der Waals surface area contributed by atoms with E-state index in [1.165, 1.54) is 0 Å². The zero-order valence-corrected chi connectivity index (χ0v) is 25.6. The highest BCUT2D eigenvalue weighted by Gasteiger charge is 2.22. The fraction of sp³-hybridized carbons (Fsp3) is 0.382. The molecule has 0 saturated carbocycles. The Balaban J connectivity index is 1.38. The number of benzene rings is 3. The van der Waals surface area contributed by atoms with Crippen molar-refractivity contribution in [2.45, 2.75) is 39.3 Å². The number of carbonyl (C=O) groups is 2. The summed E-state index contributed by atoms with van der Waals surface area (Å²) in [4.78, 5) is 45.1. The lowest BCUT2D eigenvalue weighted by Gasteiger charge is -2.28. The number of fused-ring (bicyclic) bond motifs is 2. The largest absolute Gasteiger partial charge is 0.497 e. The molecule has 0 radical (unpaired) electrons. The Bertz CT molecular complexity index is 1670. The minimum absolute atomic E-state index is 0.00498. The van der Waals surface area contributed by atoms with Gasteiger partial charge >= 0.3 is 5.69 Å². The van der Waals surface area contributed by atoms with Gasteiger partial charge in [-0.1, -0.05) is 36.4 Å². The lowest BCUT2D eigenvalue weighted by Crippen LogP contribution is -2.38. The molecular formula is C34H41N5O4. The molecule has 4 aromatic rings. The van der Waals surface area contributed by atoms with Crippen molar-refractivity contribution in [2.24, 2.45) is 14.1 Å². The molecule has 3 aromatic carbocycles. The van der Waals surface area contributed by atoms with Crippen LogP contribution in [0.2, 0.25) is 0 Å². The maximum atomic E-state index is 13.8. The molecular weight excluding hydrogens is 542 g/mol. The first kappa shape index (κ1) is 30.1. The Labute approximate surface area is 252 Å². The van der Waals surface area contributed by atoms with E-state index < -0.39 is 0 Å². The summed E-state index contributed by atoms with van der Waals surface area (Å²) >= 11 is 0. The highest BCUT2D eigenvalue weighted by molar-refractivity contribution is 5.92. The van der Waals surface area contributed by atoms with E-state index in [1.54, 1.807) is 37.3 Å². The van der Waals surface area contributed by atoms with Gasteiger partial charge in [0, 0.05) is 72.4 Å². The third-order valence-corrected chi connectivity index (χ3v) is 8.42. The topological polar surface area (TPSA) is 80.0 Å². The molecule has 226 valence electrons. The van der Waals surface area contributed by atoms with Crippen molar-refractivity contribution in [3.05, 3.63) is 93.9 Å². The first-order chi connectivity index (χ1) is 20.7. The number of aryl methyl sites for hydroxylation is 3. The van der Waals surface area contributed by atoms with E-state index in [-0.39, 0.29) is 17.5 Å². The van der Waals surface area contributed by atoms with Crippen LogP contribution in [0.25, 0.3) is 11.0 Å². The highest BCUT2D eigenvalue weighted by Crippen LogP contribution is 2.25. The number of imidazole rings is 1. The summed E-state index contributed by atoms with van der Waals surface area (Å²) in [6.07, 6.45) is 1.74. The molecule has 0 fully saturated rings. The molecule has 43 heavy (non-hydrogen) atoms. The Morgan fingerprint density at radius 2 is 1.63 bits per heavy atom. The van der Waals surface area contributed by atoms with E-state index in [9.17, 15) is 14.4 Å². The molecule has 9 heteroatoms. The molecule has 1 aliphatic rings. The highest BCUT2D eigenvalue weighted by atomic mass is 16.5. The van der Waals surface area contributed by atoms with Gasteiger partial charge in [-0.15, -0.1) is 0 Å². The zero-order valence-electron chi connectivity index (χ0n) is 25.6. The molecule has 0 saturated heterocycles. The third kappa shape index (κ3) is 6.83. The van der Waals surface area contributed by atoms with Crippen LogP contribution in [0.3, 0.4) is 0 Å². The van der Waals surface area contributed by atoms with Gasteiger partial charge < -0.3 is 14.5 Å². The number of anilines is 1. The molecule has 2 heterocycles. The fourth-order valence-corrected chi connectivity index (χ4v) is 5.98. The van der Waals surface area contributed by atoms with Crippen LogP contribution in [-0.4, -0.2) is 64.0 Å². The van der Waals surface area contributed by atoms with Crippen LogP contribution in [0.4, 0.5) is 5.69 Å². The average Bonchev–Trinajstić information content (AvgIpc) is 3.21. The van der Waals surface area contributed by atoms with Gasteiger partial charge in [-0.2, -0.15) is 0 Å². The second-order valence-electron chi connectivity index (χ2n) is 11.3. The fourth-order valence-electron chi connectivity index (χ4n) is 5.98. The molecule has 2 amide bonds. The van der Waals surface area contributed by atoms with Gasteiger partial charge in [0.05, 0.1) is 18.1 Å². The van der Waals surface area contributed by atoms with Crippen LogP contribution < -0.4 is 15.3 Å². The van der Waals surface area contributed by atoms with Crippen LogP contribution >= 0.6 is 0 Å². The molecule has 0 atom stereocenters. The summed E-state index contributed by atoms with van der Waals surface area (Å²) in [5.41, 5.74) is 5.66.